The second-order valence-electron chi connectivity index (χ2n) is 4.78. The van der Waals surface area contributed by atoms with E-state index >= 15 is 0 Å². The quantitative estimate of drug-likeness (QED) is 0.605. The van der Waals surface area contributed by atoms with Gasteiger partial charge in [-0.1, -0.05) is 18.2 Å². The zero-order valence-corrected chi connectivity index (χ0v) is 11.6. The van der Waals surface area contributed by atoms with E-state index in [4.69, 9.17) is 19.3 Å². The number of benzene rings is 1. The molecule has 9 nitrogen and oxygen atoms in total. The van der Waals surface area contributed by atoms with Crippen LogP contribution in [0.3, 0.4) is 0 Å². The topological polar surface area (TPSA) is 99.1 Å². The number of nitrogens with zero attached hydrogens (tertiary/aromatic N) is 3. The van der Waals surface area contributed by atoms with Gasteiger partial charge in [0.2, 0.25) is 0 Å². The fraction of sp³-hybridized carbons (Fsp3) is 0.385. The highest BCUT2D eigenvalue weighted by Crippen LogP contribution is 2.17. The van der Waals surface area contributed by atoms with Crippen LogP contribution >= 0.6 is 0 Å². The minimum atomic E-state index is -0.913. The van der Waals surface area contributed by atoms with Gasteiger partial charge in [0, 0.05) is 6.54 Å². The molecule has 0 aliphatic carbocycles. The molecule has 1 aromatic carbocycles. The van der Waals surface area contributed by atoms with Crippen molar-refractivity contribution in [2.24, 2.45) is 0 Å². The van der Waals surface area contributed by atoms with Crippen molar-refractivity contribution in [2.45, 2.75) is 18.9 Å². The Morgan fingerprint density at radius 3 is 2.82 bits per heavy atom. The lowest BCUT2D eigenvalue weighted by atomic mass is 10.2. The average molecular weight is 309 g/mol. The van der Waals surface area contributed by atoms with Crippen LogP contribution < -0.4 is 9.85 Å². The number of aromatic nitrogens is 2. The highest BCUT2D eigenvalue weighted by molar-refractivity contribution is 5.89. The van der Waals surface area contributed by atoms with Gasteiger partial charge in [-0.15, -0.1) is 0 Å². The Morgan fingerprint density at radius 2 is 2.09 bits per heavy atom. The van der Waals surface area contributed by atoms with Gasteiger partial charge in [0.25, 0.3) is 6.79 Å². The van der Waals surface area contributed by atoms with Crippen molar-refractivity contribution in [3.8, 4) is 0 Å². The first kappa shape index (κ1) is 14.1. The third kappa shape index (κ3) is 2.92. The number of carboxylic acids is 1. The normalized spacial score (nSPS) is 17.6. The lowest BCUT2D eigenvalue weighted by Gasteiger charge is -2.15. The maximum absolute atomic E-state index is 11.7. The van der Waals surface area contributed by atoms with Crippen molar-refractivity contribution < 1.29 is 28.9 Å². The molecular weight excluding hydrogens is 294 g/mol. The van der Waals surface area contributed by atoms with Crippen molar-refractivity contribution in [3.05, 3.63) is 35.9 Å². The summed E-state index contributed by atoms with van der Waals surface area (Å²) in [6.45, 7) is 0.219. The zero-order chi connectivity index (χ0) is 15.5. The standard InChI is InChI=1S/C13H15N3O6/c17-12(18)11-7-4-8-14(11)15-16(22-15)21-9-20-13(19)10-5-2-1-3-6-10/h1-3,5-6,11H,4,7-9H2,(H,17,18). The molecule has 2 aromatic rings. The van der Waals surface area contributed by atoms with Crippen molar-refractivity contribution in [2.75, 3.05) is 18.3 Å². The smallest absolute Gasteiger partial charge is 0.341 e. The molecule has 0 bridgehead atoms. The fourth-order valence-corrected chi connectivity index (χ4v) is 2.25. The number of rotatable bonds is 6. The number of hydrogen-bond acceptors (Lipinski definition) is 6. The number of esters is 1. The Kier molecular flexibility index (Phi) is 3.77. The molecule has 0 saturated carbocycles. The summed E-state index contributed by atoms with van der Waals surface area (Å²) in [4.78, 5) is 29.0. The van der Waals surface area contributed by atoms with E-state index in [1.807, 2.05) is 0 Å². The van der Waals surface area contributed by atoms with Crippen molar-refractivity contribution >= 4 is 11.9 Å². The van der Waals surface area contributed by atoms with Gasteiger partial charge in [-0.25, -0.2) is 14.6 Å². The van der Waals surface area contributed by atoms with Gasteiger partial charge in [-0.05, 0) is 25.0 Å². The summed E-state index contributed by atoms with van der Waals surface area (Å²) < 4.78 is 9.90. The van der Waals surface area contributed by atoms with Crippen molar-refractivity contribution in [3.63, 3.8) is 0 Å². The minimum absolute atomic E-state index is 0.337. The lowest BCUT2D eigenvalue weighted by molar-refractivity contribution is -0.138. The van der Waals surface area contributed by atoms with Gasteiger partial charge in [0.1, 0.15) is 11.1 Å². The second kappa shape index (κ2) is 5.88. The summed E-state index contributed by atoms with van der Waals surface area (Å²) >= 11 is 0. The first-order valence-electron chi connectivity index (χ1n) is 6.79. The Balaban J connectivity index is 1.47. The molecule has 3 rings (SSSR count). The molecule has 9 heteroatoms. The molecule has 0 spiro atoms. The van der Waals surface area contributed by atoms with Crippen LogP contribution in [-0.2, 0) is 9.53 Å². The average Bonchev–Trinajstić information content (AvgIpc) is 3.11. The number of carboxylic acid groups (broad SMARTS) is 1. The molecule has 2 heterocycles. The first-order chi connectivity index (χ1) is 10.7. The van der Waals surface area contributed by atoms with Crippen molar-refractivity contribution in [1.29, 1.82) is 0 Å². The van der Waals surface area contributed by atoms with Crippen LogP contribution in [0.4, 0.5) is 0 Å². The summed E-state index contributed by atoms with van der Waals surface area (Å²) in [5.74, 6) is -1.43. The third-order valence-corrected chi connectivity index (χ3v) is 3.35. The molecular formula is C13H15N3O6. The van der Waals surface area contributed by atoms with Crippen LogP contribution in [-0.4, -0.2) is 46.4 Å². The Labute approximate surface area is 125 Å². The molecule has 1 N–H and O–H groups in total. The lowest BCUT2D eigenvalue weighted by Crippen LogP contribution is -2.42. The van der Waals surface area contributed by atoms with Crippen molar-refractivity contribution in [1.82, 2.24) is 9.98 Å². The molecule has 1 saturated heterocycles. The predicted molar refractivity (Wildman–Crippen MR) is 71.7 cm³/mol. The maximum Gasteiger partial charge on any atom is 0.341 e. The van der Waals surface area contributed by atoms with Crippen LogP contribution in [0.1, 0.15) is 23.2 Å². The van der Waals surface area contributed by atoms with Gasteiger partial charge in [-0.3, -0.25) is 0 Å². The Bertz CT molecular complexity index is 643. The summed E-state index contributed by atoms with van der Waals surface area (Å²) in [7, 11) is 0. The molecule has 1 aliphatic heterocycles. The van der Waals surface area contributed by atoms with E-state index in [0.717, 1.165) is 11.4 Å². The Morgan fingerprint density at radius 1 is 1.32 bits per heavy atom. The van der Waals surface area contributed by atoms with Crippen LogP contribution in [0.15, 0.2) is 35.0 Å². The third-order valence-electron chi connectivity index (χ3n) is 3.35. The molecule has 0 radical (unpaired) electrons. The first-order valence-corrected chi connectivity index (χ1v) is 6.79. The number of carbonyl (C=O) groups excluding carboxylic acids is 1. The molecule has 0 amide bonds. The highest BCUT2D eigenvalue weighted by atomic mass is 17.0. The predicted octanol–water partition coefficient (Wildman–Crippen LogP) is 0.311. The van der Waals surface area contributed by atoms with Crippen LogP contribution in [0.25, 0.3) is 0 Å². The van der Waals surface area contributed by atoms with E-state index in [1.165, 1.54) is 9.97 Å². The molecule has 118 valence electrons. The second-order valence-corrected chi connectivity index (χ2v) is 4.78. The monoisotopic (exact) mass is 309 g/mol. The summed E-state index contributed by atoms with van der Waals surface area (Å²) in [6, 6.07) is 7.87. The van der Waals surface area contributed by atoms with Gasteiger partial charge in [0.05, 0.1) is 10.5 Å². The Hall–Kier alpha value is -2.84. The molecule has 1 atom stereocenters. The van der Waals surface area contributed by atoms with E-state index in [0.29, 0.717) is 18.5 Å². The van der Waals surface area contributed by atoms with E-state index in [-0.39, 0.29) is 6.79 Å². The zero-order valence-electron chi connectivity index (χ0n) is 11.6. The number of ether oxygens (including phenoxy) is 1. The van der Waals surface area contributed by atoms with Gasteiger partial charge < -0.3 is 14.7 Å². The fourth-order valence-electron chi connectivity index (χ4n) is 2.25. The van der Waals surface area contributed by atoms with Crippen LogP contribution in [0.2, 0.25) is 0 Å². The maximum atomic E-state index is 11.7. The molecule has 1 aliphatic rings. The van der Waals surface area contributed by atoms with E-state index in [2.05, 4.69) is 0 Å². The van der Waals surface area contributed by atoms with E-state index in [9.17, 15) is 9.59 Å². The molecule has 1 unspecified atom stereocenters. The SMILES string of the molecule is O=C(OCOn1on1N1CCCC1C(=O)O)c1ccccc1. The number of aliphatic carboxylic acids is 1. The van der Waals surface area contributed by atoms with Gasteiger partial charge in [-0.2, -0.15) is 4.63 Å². The van der Waals surface area contributed by atoms with E-state index in [1.54, 1.807) is 30.3 Å². The summed E-state index contributed by atoms with van der Waals surface area (Å²) in [5.41, 5.74) is 0.417. The number of hydrogen-bond donors (Lipinski definition) is 1. The van der Waals surface area contributed by atoms with Gasteiger partial charge in [0.15, 0.2) is 0 Å². The van der Waals surface area contributed by atoms with Gasteiger partial charge >= 0.3 is 11.9 Å². The summed E-state index contributed by atoms with van der Waals surface area (Å²) in [6.07, 6.45) is 1.31. The van der Waals surface area contributed by atoms with Crippen LogP contribution in [0.5, 0.6) is 0 Å². The summed E-state index contributed by atoms with van der Waals surface area (Å²) in [5, 5.41) is 11.6. The molecule has 1 fully saturated rings. The highest BCUT2D eigenvalue weighted by Gasteiger charge is 2.36. The number of carbonyl (C=O) groups is 2. The molecule has 1 aromatic heterocycles. The van der Waals surface area contributed by atoms with Crippen LogP contribution in [0, 0.1) is 0 Å². The molecule has 22 heavy (non-hydrogen) atoms. The largest absolute Gasteiger partial charge is 0.480 e. The minimum Gasteiger partial charge on any atom is -0.480 e. The van der Waals surface area contributed by atoms with E-state index < -0.39 is 18.0 Å².